The van der Waals surface area contributed by atoms with E-state index in [1.54, 1.807) is 0 Å². The number of nitrogens with one attached hydrogen (secondary N) is 1. The molecule has 1 amide bonds. The van der Waals surface area contributed by atoms with Crippen LogP contribution in [0, 0.1) is 29.3 Å². The van der Waals surface area contributed by atoms with Crippen molar-refractivity contribution in [2.75, 3.05) is 5.32 Å². The van der Waals surface area contributed by atoms with Gasteiger partial charge >= 0.3 is 0 Å². The summed E-state index contributed by atoms with van der Waals surface area (Å²) in [7, 11) is -3.82. The standard InChI is InChI=1S/C22H19ClF3NO3S/c1-11-6-12-2-3-13(7-11)21(12)31(29,30)19-8-14(4-5-16(19)23)22(28)27-15-9-17(24)20(26)18(25)10-15/h4-5,8-10,12-13,21H,1-3,6-7H2,(H,27,28). The highest BCUT2D eigenvalue weighted by molar-refractivity contribution is 7.92. The molecule has 2 unspecified atom stereocenters. The molecule has 2 fully saturated rings. The number of benzene rings is 2. The van der Waals surface area contributed by atoms with Gasteiger partial charge in [0.1, 0.15) is 0 Å². The fourth-order valence-electron chi connectivity index (χ4n) is 4.75. The van der Waals surface area contributed by atoms with Crippen molar-refractivity contribution in [3.05, 3.63) is 70.5 Å². The highest BCUT2D eigenvalue weighted by Crippen LogP contribution is 2.49. The normalized spacial score (nSPS) is 23.1. The zero-order chi connectivity index (χ0) is 22.5. The Morgan fingerprint density at radius 3 is 2.19 bits per heavy atom. The summed E-state index contributed by atoms with van der Waals surface area (Å²) in [5.74, 6) is -5.43. The van der Waals surface area contributed by atoms with Crippen LogP contribution in [0.5, 0.6) is 0 Å². The van der Waals surface area contributed by atoms with Gasteiger partial charge in [-0.15, -0.1) is 0 Å². The summed E-state index contributed by atoms with van der Waals surface area (Å²) in [5.41, 5.74) is 0.696. The number of hydrogen-bond donors (Lipinski definition) is 1. The molecule has 2 aromatic carbocycles. The molecule has 2 aliphatic carbocycles. The van der Waals surface area contributed by atoms with E-state index in [4.69, 9.17) is 11.6 Å². The minimum atomic E-state index is -3.82. The monoisotopic (exact) mass is 469 g/mol. The van der Waals surface area contributed by atoms with E-state index in [9.17, 15) is 26.4 Å². The lowest BCUT2D eigenvalue weighted by molar-refractivity contribution is 0.102. The summed E-state index contributed by atoms with van der Waals surface area (Å²) in [6, 6.07) is 5.06. The van der Waals surface area contributed by atoms with Crippen LogP contribution < -0.4 is 5.32 Å². The van der Waals surface area contributed by atoms with Gasteiger partial charge < -0.3 is 5.32 Å². The first kappa shape index (κ1) is 21.9. The molecule has 31 heavy (non-hydrogen) atoms. The van der Waals surface area contributed by atoms with Crippen LogP contribution in [0.1, 0.15) is 36.0 Å². The Bertz CT molecular complexity index is 1160. The van der Waals surface area contributed by atoms with Gasteiger partial charge in [0.15, 0.2) is 27.3 Å². The lowest BCUT2D eigenvalue weighted by atomic mass is 9.85. The number of carbonyl (C=O) groups excluding carboxylic acids is 1. The maximum Gasteiger partial charge on any atom is 0.255 e. The van der Waals surface area contributed by atoms with Crippen molar-refractivity contribution < 1.29 is 26.4 Å². The highest BCUT2D eigenvalue weighted by Gasteiger charge is 2.48. The van der Waals surface area contributed by atoms with Crippen molar-refractivity contribution in [2.24, 2.45) is 11.8 Å². The van der Waals surface area contributed by atoms with Gasteiger partial charge in [0.2, 0.25) is 0 Å². The maximum absolute atomic E-state index is 13.4. The molecule has 0 saturated heterocycles. The predicted octanol–water partition coefficient (Wildman–Crippen LogP) is 5.53. The number of sulfone groups is 1. The molecule has 1 N–H and O–H groups in total. The summed E-state index contributed by atoms with van der Waals surface area (Å²) in [4.78, 5) is 12.4. The highest BCUT2D eigenvalue weighted by atomic mass is 35.5. The average Bonchev–Trinajstić information content (AvgIpc) is 2.99. The summed E-state index contributed by atoms with van der Waals surface area (Å²) in [6.45, 7) is 4.01. The van der Waals surface area contributed by atoms with Gasteiger partial charge in [0.25, 0.3) is 5.91 Å². The molecule has 0 aromatic heterocycles. The van der Waals surface area contributed by atoms with Gasteiger partial charge in [-0.05, 0) is 55.7 Å². The van der Waals surface area contributed by atoms with E-state index in [0.29, 0.717) is 25.0 Å². The second-order valence-corrected chi connectivity index (χ2v) is 10.6. The molecule has 4 rings (SSSR count). The van der Waals surface area contributed by atoms with E-state index in [1.807, 2.05) is 0 Å². The molecule has 2 saturated carbocycles. The van der Waals surface area contributed by atoms with Crippen molar-refractivity contribution >= 4 is 33.0 Å². The van der Waals surface area contributed by atoms with E-state index in [0.717, 1.165) is 18.4 Å². The van der Waals surface area contributed by atoms with Crippen LogP contribution in [-0.4, -0.2) is 19.6 Å². The van der Waals surface area contributed by atoms with Crippen LogP contribution in [0.4, 0.5) is 18.9 Å². The number of fused-ring (bicyclic) bond motifs is 2. The van der Waals surface area contributed by atoms with Crippen molar-refractivity contribution in [3.8, 4) is 0 Å². The van der Waals surface area contributed by atoms with Crippen LogP contribution in [0.25, 0.3) is 0 Å². The van der Waals surface area contributed by atoms with E-state index in [-0.39, 0.29) is 33.0 Å². The molecule has 0 radical (unpaired) electrons. The van der Waals surface area contributed by atoms with Gasteiger partial charge in [0, 0.05) is 23.4 Å². The minimum Gasteiger partial charge on any atom is -0.322 e. The molecule has 9 heteroatoms. The molecule has 4 nitrogen and oxygen atoms in total. The average molecular weight is 470 g/mol. The molecular weight excluding hydrogens is 451 g/mol. The number of carbonyl (C=O) groups is 1. The molecule has 2 aliphatic rings. The lowest BCUT2D eigenvalue weighted by Crippen LogP contribution is -2.35. The van der Waals surface area contributed by atoms with Gasteiger partial charge in [0.05, 0.1) is 15.2 Å². The molecule has 2 bridgehead atoms. The third-order valence-corrected chi connectivity index (χ3v) is 8.92. The third kappa shape index (κ3) is 3.99. The van der Waals surface area contributed by atoms with Crippen molar-refractivity contribution in [3.63, 3.8) is 0 Å². The van der Waals surface area contributed by atoms with E-state index >= 15 is 0 Å². The van der Waals surface area contributed by atoms with Gasteiger partial charge in [-0.2, -0.15) is 0 Å². The predicted molar refractivity (Wildman–Crippen MR) is 111 cm³/mol. The Hall–Kier alpha value is -2.32. The first-order valence-electron chi connectivity index (χ1n) is 9.74. The smallest absolute Gasteiger partial charge is 0.255 e. The van der Waals surface area contributed by atoms with E-state index in [1.165, 1.54) is 18.2 Å². The Labute approximate surface area is 183 Å². The second kappa shape index (κ2) is 7.98. The summed E-state index contributed by atoms with van der Waals surface area (Å²) in [6.07, 6.45) is 2.90. The minimum absolute atomic E-state index is 0.000721. The maximum atomic E-state index is 13.4. The number of hydrogen-bond acceptors (Lipinski definition) is 3. The topological polar surface area (TPSA) is 63.2 Å². The van der Waals surface area contributed by atoms with Crippen LogP contribution in [-0.2, 0) is 9.84 Å². The molecule has 0 spiro atoms. The molecule has 164 valence electrons. The molecule has 2 atom stereocenters. The quantitative estimate of drug-likeness (QED) is 0.473. The fraction of sp³-hybridized carbons (Fsp3) is 0.318. The molecule has 0 aliphatic heterocycles. The molecule has 2 aromatic rings. The van der Waals surface area contributed by atoms with Gasteiger partial charge in [-0.3, -0.25) is 4.79 Å². The van der Waals surface area contributed by atoms with Crippen LogP contribution >= 0.6 is 11.6 Å². The fourth-order valence-corrected chi connectivity index (χ4v) is 7.59. The molecule has 0 heterocycles. The van der Waals surface area contributed by atoms with Gasteiger partial charge in [-0.25, -0.2) is 21.6 Å². The van der Waals surface area contributed by atoms with Crippen molar-refractivity contribution in [1.82, 2.24) is 0 Å². The number of anilines is 1. The Morgan fingerprint density at radius 2 is 1.61 bits per heavy atom. The van der Waals surface area contributed by atoms with Gasteiger partial charge in [-0.1, -0.05) is 23.8 Å². The lowest BCUT2D eigenvalue weighted by Gasteiger charge is -2.31. The van der Waals surface area contributed by atoms with E-state index < -0.39 is 38.4 Å². The Kier molecular flexibility index (Phi) is 5.64. The van der Waals surface area contributed by atoms with Crippen LogP contribution in [0.3, 0.4) is 0 Å². The number of allylic oxidation sites excluding steroid dienone is 1. The zero-order valence-corrected chi connectivity index (χ0v) is 17.9. The SMILES string of the molecule is C=C1CC2CCC(C1)C2S(=O)(=O)c1cc(C(=O)Nc2cc(F)c(F)c(F)c2)ccc1Cl. The first-order valence-corrected chi connectivity index (χ1v) is 11.7. The number of rotatable bonds is 4. The zero-order valence-electron chi connectivity index (χ0n) is 16.3. The second-order valence-electron chi connectivity index (χ2n) is 8.12. The Balaban J connectivity index is 1.64. The molecular formula is C22H19ClF3NO3S. The summed E-state index contributed by atoms with van der Waals surface area (Å²) < 4.78 is 66.8. The van der Waals surface area contributed by atoms with Crippen LogP contribution in [0.15, 0.2) is 47.4 Å². The number of halogens is 4. The Morgan fingerprint density at radius 1 is 1.03 bits per heavy atom. The summed E-state index contributed by atoms with van der Waals surface area (Å²) >= 11 is 6.20. The van der Waals surface area contributed by atoms with Crippen molar-refractivity contribution in [2.45, 2.75) is 35.8 Å². The van der Waals surface area contributed by atoms with Crippen molar-refractivity contribution in [1.29, 1.82) is 0 Å². The first-order chi connectivity index (χ1) is 14.6. The van der Waals surface area contributed by atoms with Crippen LogP contribution in [0.2, 0.25) is 5.02 Å². The number of amides is 1. The largest absolute Gasteiger partial charge is 0.322 e. The third-order valence-electron chi connectivity index (χ3n) is 6.04. The van der Waals surface area contributed by atoms with E-state index in [2.05, 4.69) is 11.9 Å². The summed E-state index contributed by atoms with van der Waals surface area (Å²) in [5, 5.41) is 1.66.